The summed E-state index contributed by atoms with van der Waals surface area (Å²) in [6.07, 6.45) is 0. The van der Waals surface area contributed by atoms with E-state index in [0.29, 0.717) is 5.69 Å². The van der Waals surface area contributed by atoms with Crippen LogP contribution in [0.1, 0.15) is 0 Å². The summed E-state index contributed by atoms with van der Waals surface area (Å²) >= 11 is 0. The minimum absolute atomic E-state index is 0.125. The maximum Gasteiger partial charge on any atom is 0.265 e. The van der Waals surface area contributed by atoms with Gasteiger partial charge in [-0.3, -0.25) is 4.72 Å². The molecule has 0 radical (unpaired) electrons. The van der Waals surface area contributed by atoms with Crippen molar-refractivity contribution in [3.05, 3.63) is 48.5 Å². The average molecular weight is 333 g/mol. The van der Waals surface area contributed by atoms with Crippen molar-refractivity contribution in [2.75, 3.05) is 35.8 Å². The Kier molecular flexibility index (Phi) is 4.40. The number of nitrogens with zero attached hydrogens (tertiary/aromatic N) is 1. The number of benzene rings is 2. The van der Waals surface area contributed by atoms with Crippen molar-refractivity contribution in [1.29, 1.82) is 0 Å². The minimum Gasteiger partial charge on any atom is -0.506 e. The normalized spacial score (nSPS) is 15.4. The van der Waals surface area contributed by atoms with Gasteiger partial charge in [0, 0.05) is 43.6 Å². The van der Waals surface area contributed by atoms with Crippen molar-refractivity contribution < 1.29 is 13.5 Å². The van der Waals surface area contributed by atoms with Gasteiger partial charge in [0.15, 0.2) is 0 Å². The zero-order valence-corrected chi connectivity index (χ0v) is 13.4. The quantitative estimate of drug-likeness (QED) is 0.792. The van der Waals surface area contributed by atoms with Crippen molar-refractivity contribution in [3.8, 4) is 5.75 Å². The number of phenols is 1. The van der Waals surface area contributed by atoms with E-state index in [1.54, 1.807) is 36.4 Å². The first-order valence-electron chi connectivity index (χ1n) is 7.43. The van der Waals surface area contributed by atoms with E-state index in [-0.39, 0.29) is 10.6 Å². The third-order valence-corrected chi connectivity index (χ3v) is 5.17. The maximum atomic E-state index is 12.4. The summed E-state index contributed by atoms with van der Waals surface area (Å²) in [5.74, 6) is -0.246. The van der Waals surface area contributed by atoms with Gasteiger partial charge in [0.2, 0.25) is 0 Å². The van der Waals surface area contributed by atoms with Gasteiger partial charge in [0.25, 0.3) is 10.0 Å². The monoisotopic (exact) mass is 333 g/mol. The van der Waals surface area contributed by atoms with Crippen LogP contribution in [0.15, 0.2) is 53.4 Å². The fourth-order valence-electron chi connectivity index (χ4n) is 2.57. The fourth-order valence-corrected chi connectivity index (χ4v) is 3.71. The molecule has 0 unspecified atom stereocenters. The van der Waals surface area contributed by atoms with Gasteiger partial charge in [-0.1, -0.05) is 18.2 Å². The average Bonchev–Trinajstić information content (AvgIpc) is 2.56. The van der Waals surface area contributed by atoms with Crippen molar-refractivity contribution in [2.45, 2.75) is 4.90 Å². The number of sulfonamides is 1. The lowest BCUT2D eigenvalue weighted by atomic mass is 10.2. The summed E-state index contributed by atoms with van der Waals surface area (Å²) in [6, 6.07) is 13.3. The first kappa shape index (κ1) is 15.6. The number of phenolic OH excluding ortho intramolecular Hbond substituents is 1. The molecule has 1 aliphatic heterocycles. The van der Waals surface area contributed by atoms with E-state index in [4.69, 9.17) is 0 Å². The van der Waals surface area contributed by atoms with E-state index >= 15 is 0 Å². The van der Waals surface area contributed by atoms with Crippen molar-refractivity contribution >= 4 is 21.4 Å². The van der Waals surface area contributed by atoms with Crippen LogP contribution in [0.3, 0.4) is 0 Å². The number of nitrogens with one attached hydrogen (secondary N) is 2. The highest BCUT2D eigenvalue weighted by molar-refractivity contribution is 7.92. The molecular formula is C16H19N3O3S. The molecule has 2 aromatic carbocycles. The Bertz CT molecular complexity index is 772. The SMILES string of the molecule is O=S(=O)(Nc1ccccc1)c1ccc(N2CCNCC2)cc1O. The lowest BCUT2D eigenvalue weighted by Gasteiger charge is -2.29. The van der Waals surface area contributed by atoms with Gasteiger partial charge in [0.1, 0.15) is 10.6 Å². The van der Waals surface area contributed by atoms with Crippen LogP contribution >= 0.6 is 0 Å². The molecule has 1 fully saturated rings. The lowest BCUT2D eigenvalue weighted by molar-refractivity contribution is 0.458. The topological polar surface area (TPSA) is 81.7 Å². The summed E-state index contributed by atoms with van der Waals surface area (Å²) in [6.45, 7) is 3.40. The van der Waals surface area contributed by atoms with Crippen LogP contribution < -0.4 is 14.9 Å². The highest BCUT2D eigenvalue weighted by Gasteiger charge is 2.20. The molecule has 3 rings (SSSR count). The highest BCUT2D eigenvalue weighted by Crippen LogP contribution is 2.29. The first-order valence-corrected chi connectivity index (χ1v) is 8.91. The third-order valence-electron chi connectivity index (χ3n) is 3.74. The van der Waals surface area contributed by atoms with E-state index in [0.717, 1.165) is 31.9 Å². The molecule has 0 saturated carbocycles. The molecule has 2 aromatic rings. The first-order chi connectivity index (χ1) is 11.1. The number of piperazine rings is 1. The Morgan fingerprint density at radius 1 is 1.04 bits per heavy atom. The van der Waals surface area contributed by atoms with E-state index in [9.17, 15) is 13.5 Å². The van der Waals surface area contributed by atoms with E-state index in [1.165, 1.54) is 12.1 Å². The molecule has 3 N–H and O–H groups in total. The standard InChI is InChI=1S/C16H19N3O3S/c20-15-12-14(19-10-8-17-9-11-19)6-7-16(15)23(21,22)18-13-4-2-1-3-5-13/h1-7,12,17-18,20H,8-11H2. The summed E-state index contributed by atoms with van der Waals surface area (Å²) in [5.41, 5.74) is 1.28. The number of hydrogen-bond acceptors (Lipinski definition) is 5. The summed E-state index contributed by atoms with van der Waals surface area (Å²) < 4.78 is 27.3. The molecule has 7 heteroatoms. The van der Waals surface area contributed by atoms with Crippen molar-refractivity contribution in [2.24, 2.45) is 0 Å². The van der Waals surface area contributed by atoms with E-state index in [1.807, 2.05) is 0 Å². The summed E-state index contributed by atoms with van der Waals surface area (Å²) in [5, 5.41) is 13.4. The van der Waals surface area contributed by atoms with Crippen LogP contribution in [0, 0.1) is 0 Å². The molecule has 0 aliphatic carbocycles. The van der Waals surface area contributed by atoms with Crippen LogP contribution in [0.4, 0.5) is 11.4 Å². The Hall–Kier alpha value is -2.25. The number of hydrogen-bond donors (Lipinski definition) is 3. The van der Waals surface area contributed by atoms with Gasteiger partial charge in [-0.15, -0.1) is 0 Å². The fraction of sp³-hybridized carbons (Fsp3) is 0.250. The van der Waals surface area contributed by atoms with Gasteiger partial charge in [-0.05, 0) is 24.3 Å². The molecule has 6 nitrogen and oxygen atoms in total. The Balaban J connectivity index is 1.84. The molecule has 1 aliphatic rings. The molecule has 0 aromatic heterocycles. The van der Waals surface area contributed by atoms with Gasteiger partial charge in [-0.25, -0.2) is 8.42 Å². The van der Waals surface area contributed by atoms with Crippen LogP contribution in [0.5, 0.6) is 5.75 Å². The van der Waals surface area contributed by atoms with Crippen LogP contribution in [0.25, 0.3) is 0 Å². The molecule has 1 heterocycles. The number of anilines is 2. The molecule has 1 saturated heterocycles. The van der Waals surface area contributed by atoms with E-state index < -0.39 is 10.0 Å². The zero-order valence-electron chi connectivity index (χ0n) is 12.6. The zero-order chi connectivity index (χ0) is 16.3. The predicted octanol–water partition coefficient (Wildman–Crippen LogP) is 1.60. The molecule has 23 heavy (non-hydrogen) atoms. The van der Waals surface area contributed by atoms with Crippen LogP contribution in [-0.2, 0) is 10.0 Å². The Labute approximate surface area is 135 Å². The van der Waals surface area contributed by atoms with Gasteiger partial charge >= 0.3 is 0 Å². The number of aromatic hydroxyl groups is 1. The molecule has 0 bridgehead atoms. The largest absolute Gasteiger partial charge is 0.506 e. The van der Waals surface area contributed by atoms with Crippen molar-refractivity contribution in [3.63, 3.8) is 0 Å². The second-order valence-corrected chi connectivity index (χ2v) is 7.01. The second-order valence-electron chi connectivity index (χ2n) is 5.36. The number of rotatable bonds is 4. The molecule has 0 spiro atoms. The van der Waals surface area contributed by atoms with Gasteiger partial charge in [0.05, 0.1) is 0 Å². The second kappa shape index (κ2) is 6.47. The molecular weight excluding hydrogens is 314 g/mol. The summed E-state index contributed by atoms with van der Waals surface area (Å²) in [4.78, 5) is 1.98. The molecule has 122 valence electrons. The van der Waals surface area contributed by atoms with E-state index in [2.05, 4.69) is 14.9 Å². The molecule has 0 amide bonds. The van der Waals surface area contributed by atoms with Crippen molar-refractivity contribution in [1.82, 2.24) is 5.32 Å². The van der Waals surface area contributed by atoms with Gasteiger partial charge in [-0.2, -0.15) is 0 Å². The predicted molar refractivity (Wildman–Crippen MR) is 90.4 cm³/mol. The Morgan fingerprint density at radius 2 is 1.74 bits per heavy atom. The van der Waals surface area contributed by atoms with Crippen LogP contribution in [-0.4, -0.2) is 39.7 Å². The van der Waals surface area contributed by atoms with Crippen LogP contribution in [0.2, 0.25) is 0 Å². The smallest absolute Gasteiger partial charge is 0.265 e. The highest BCUT2D eigenvalue weighted by atomic mass is 32.2. The maximum absolute atomic E-state index is 12.4. The third kappa shape index (κ3) is 3.57. The molecule has 0 atom stereocenters. The number of para-hydroxylation sites is 1. The lowest BCUT2D eigenvalue weighted by Crippen LogP contribution is -2.43. The minimum atomic E-state index is -3.82. The Morgan fingerprint density at radius 3 is 2.39 bits per heavy atom. The summed E-state index contributed by atoms with van der Waals surface area (Å²) in [7, 11) is -3.82. The van der Waals surface area contributed by atoms with Gasteiger partial charge < -0.3 is 15.3 Å².